The summed E-state index contributed by atoms with van der Waals surface area (Å²) in [5.41, 5.74) is 2.90. The third kappa shape index (κ3) is 2.24. The Bertz CT molecular complexity index is 533. The van der Waals surface area contributed by atoms with E-state index in [4.69, 9.17) is 0 Å². The van der Waals surface area contributed by atoms with Gasteiger partial charge in [-0.3, -0.25) is 0 Å². The summed E-state index contributed by atoms with van der Waals surface area (Å²) in [7, 11) is 1.91. The summed E-state index contributed by atoms with van der Waals surface area (Å²) in [6.45, 7) is 6.74. The normalized spacial score (nSPS) is 12.7. The molecule has 2 aromatic heterocycles. The molecule has 0 aliphatic heterocycles. The molecular weight excluding hydrogens is 228 g/mol. The lowest BCUT2D eigenvalue weighted by Crippen LogP contribution is -2.24. The fourth-order valence-electron chi connectivity index (χ4n) is 2.03. The van der Waals surface area contributed by atoms with E-state index in [1.165, 1.54) is 0 Å². The average molecular weight is 246 g/mol. The van der Waals surface area contributed by atoms with Crippen LogP contribution in [0.2, 0.25) is 0 Å². The first-order valence-electron chi connectivity index (χ1n) is 6.03. The average Bonchev–Trinajstić information content (AvgIpc) is 2.83. The fraction of sp³-hybridized carbons (Fsp3) is 0.500. The lowest BCUT2D eigenvalue weighted by molar-refractivity contribution is 0.547. The molecule has 0 fully saturated rings. The molecular formula is C12H18N6. The van der Waals surface area contributed by atoms with Crippen LogP contribution in [-0.2, 0) is 6.54 Å². The molecule has 2 heterocycles. The van der Waals surface area contributed by atoms with Crippen molar-refractivity contribution in [3.8, 4) is 0 Å². The Balaban J connectivity index is 2.48. The van der Waals surface area contributed by atoms with Gasteiger partial charge in [0.15, 0.2) is 0 Å². The maximum atomic E-state index is 4.35. The highest BCUT2D eigenvalue weighted by atomic mass is 15.3. The molecule has 6 heteroatoms. The van der Waals surface area contributed by atoms with Crippen LogP contribution in [0.3, 0.4) is 0 Å². The molecule has 1 N–H and O–H groups in total. The first-order chi connectivity index (χ1) is 8.67. The number of nitrogens with one attached hydrogen (secondary N) is 1. The fourth-order valence-corrected chi connectivity index (χ4v) is 2.03. The topological polar surface area (TPSA) is 68.5 Å². The van der Waals surface area contributed by atoms with Crippen molar-refractivity contribution in [1.29, 1.82) is 0 Å². The highest BCUT2D eigenvalue weighted by molar-refractivity contribution is 5.28. The van der Waals surface area contributed by atoms with E-state index in [-0.39, 0.29) is 6.04 Å². The Morgan fingerprint density at radius 2 is 2.11 bits per heavy atom. The van der Waals surface area contributed by atoms with Crippen LogP contribution in [0, 0.1) is 13.8 Å². The zero-order valence-corrected chi connectivity index (χ0v) is 11.2. The van der Waals surface area contributed by atoms with Crippen LogP contribution in [0.1, 0.15) is 35.7 Å². The van der Waals surface area contributed by atoms with Crippen LogP contribution in [0.15, 0.2) is 12.4 Å². The van der Waals surface area contributed by atoms with Crippen molar-refractivity contribution in [2.45, 2.75) is 33.4 Å². The maximum absolute atomic E-state index is 4.35. The lowest BCUT2D eigenvalue weighted by Gasteiger charge is -2.18. The van der Waals surface area contributed by atoms with Crippen LogP contribution in [0.5, 0.6) is 0 Å². The lowest BCUT2D eigenvalue weighted by atomic mass is 10.0. The van der Waals surface area contributed by atoms with Crippen molar-refractivity contribution in [1.82, 2.24) is 30.3 Å². The summed E-state index contributed by atoms with van der Waals surface area (Å²) in [4.78, 5) is 4.35. The third-order valence-electron chi connectivity index (χ3n) is 2.94. The minimum absolute atomic E-state index is 0.0124. The smallest absolute Gasteiger partial charge is 0.148 e. The van der Waals surface area contributed by atoms with Gasteiger partial charge >= 0.3 is 0 Å². The van der Waals surface area contributed by atoms with E-state index in [2.05, 4.69) is 25.6 Å². The number of aryl methyl sites for hydroxylation is 3. The van der Waals surface area contributed by atoms with Crippen LogP contribution in [-0.4, -0.2) is 32.0 Å². The number of rotatable bonds is 4. The van der Waals surface area contributed by atoms with Gasteiger partial charge in [0.25, 0.3) is 0 Å². The van der Waals surface area contributed by atoms with Gasteiger partial charge in [0, 0.05) is 12.1 Å². The van der Waals surface area contributed by atoms with Gasteiger partial charge in [-0.25, -0.2) is 9.67 Å². The predicted molar refractivity (Wildman–Crippen MR) is 68.1 cm³/mol. The highest BCUT2D eigenvalue weighted by Gasteiger charge is 2.20. The van der Waals surface area contributed by atoms with Gasteiger partial charge in [-0.15, -0.1) is 0 Å². The van der Waals surface area contributed by atoms with Crippen molar-refractivity contribution in [2.75, 3.05) is 7.05 Å². The number of aromatic nitrogens is 5. The number of hydrogen-bond acceptors (Lipinski definition) is 5. The molecule has 96 valence electrons. The molecule has 0 aromatic carbocycles. The highest BCUT2D eigenvalue weighted by Crippen LogP contribution is 2.22. The quantitative estimate of drug-likeness (QED) is 0.872. The van der Waals surface area contributed by atoms with Gasteiger partial charge < -0.3 is 5.32 Å². The third-order valence-corrected chi connectivity index (χ3v) is 2.94. The van der Waals surface area contributed by atoms with Gasteiger partial charge in [0.1, 0.15) is 12.2 Å². The molecule has 2 rings (SSSR count). The second-order valence-corrected chi connectivity index (χ2v) is 4.18. The Labute approximate surface area is 106 Å². The molecule has 0 spiro atoms. The first kappa shape index (κ1) is 12.6. The number of nitrogens with zero attached hydrogens (tertiary/aromatic N) is 5. The zero-order valence-electron chi connectivity index (χ0n) is 11.2. The minimum atomic E-state index is -0.0124. The maximum Gasteiger partial charge on any atom is 0.148 e. The second kappa shape index (κ2) is 5.22. The molecule has 0 aliphatic rings. The largest absolute Gasteiger partial charge is 0.307 e. The minimum Gasteiger partial charge on any atom is -0.307 e. The van der Waals surface area contributed by atoms with E-state index >= 15 is 0 Å². The summed E-state index contributed by atoms with van der Waals surface area (Å²) >= 11 is 0. The van der Waals surface area contributed by atoms with Crippen molar-refractivity contribution in [3.05, 3.63) is 35.2 Å². The summed E-state index contributed by atoms with van der Waals surface area (Å²) in [6.07, 6.45) is 1.58. The Morgan fingerprint density at radius 3 is 2.78 bits per heavy atom. The van der Waals surface area contributed by atoms with E-state index < -0.39 is 0 Å². The zero-order chi connectivity index (χ0) is 13.1. The van der Waals surface area contributed by atoms with Gasteiger partial charge in [-0.2, -0.15) is 15.3 Å². The van der Waals surface area contributed by atoms with E-state index in [1.807, 2.05) is 38.6 Å². The van der Waals surface area contributed by atoms with Crippen molar-refractivity contribution in [3.63, 3.8) is 0 Å². The molecule has 0 amide bonds. The molecule has 0 aliphatic carbocycles. The molecule has 6 nitrogen and oxygen atoms in total. The summed E-state index contributed by atoms with van der Waals surface area (Å²) in [5.74, 6) is 0.899. The number of hydrogen-bond donors (Lipinski definition) is 1. The molecule has 0 saturated carbocycles. The van der Waals surface area contributed by atoms with Gasteiger partial charge in [0.2, 0.25) is 0 Å². The predicted octanol–water partition coefficient (Wildman–Crippen LogP) is 1.01. The molecule has 2 aromatic rings. The second-order valence-electron chi connectivity index (χ2n) is 4.18. The standard InChI is InChI=1S/C12H18N6/c1-5-18-12(14-7-15-18)11(13-4)10-6-8(2)16-17-9(10)3/h6-7,11,13H,5H2,1-4H3. The van der Waals surface area contributed by atoms with Gasteiger partial charge in [-0.05, 0) is 33.9 Å². The van der Waals surface area contributed by atoms with Crippen LogP contribution < -0.4 is 5.32 Å². The summed E-state index contributed by atoms with van der Waals surface area (Å²) < 4.78 is 1.89. The van der Waals surface area contributed by atoms with Crippen LogP contribution in [0.4, 0.5) is 0 Å². The van der Waals surface area contributed by atoms with E-state index in [0.29, 0.717) is 0 Å². The first-order valence-corrected chi connectivity index (χ1v) is 6.03. The summed E-state index contributed by atoms with van der Waals surface area (Å²) in [6, 6.07) is 2.03. The monoisotopic (exact) mass is 246 g/mol. The van der Waals surface area contributed by atoms with Crippen molar-refractivity contribution < 1.29 is 0 Å². The van der Waals surface area contributed by atoms with Crippen molar-refractivity contribution >= 4 is 0 Å². The van der Waals surface area contributed by atoms with Crippen LogP contribution in [0.25, 0.3) is 0 Å². The van der Waals surface area contributed by atoms with E-state index in [1.54, 1.807) is 6.33 Å². The Morgan fingerprint density at radius 1 is 1.33 bits per heavy atom. The Hall–Kier alpha value is -1.82. The summed E-state index contributed by atoms with van der Waals surface area (Å²) in [5, 5.41) is 15.7. The molecule has 0 bridgehead atoms. The van der Waals surface area contributed by atoms with E-state index in [0.717, 1.165) is 29.3 Å². The molecule has 0 saturated heterocycles. The molecule has 1 atom stereocenters. The van der Waals surface area contributed by atoms with Crippen LogP contribution >= 0.6 is 0 Å². The molecule has 0 radical (unpaired) electrons. The molecule has 18 heavy (non-hydrogen) atoms. The Kier molecular flexibility index (Phi) is 3.66. The SMILES string of the molecule is CCn1ncnc1C(NC)c1cc(C)nnc1C. The van der Waals surface area contributed by atoms with Gasteiger partial charge in [0.05, 0.1) is 17.4 Å². The van der Waals surface area contributed by atoms with Crippen molar-refractivity contribution in [2.24, 2.45) is 0 Å². The van der Waals surface area contributed by atoms with E-state index in [9.17, 15) is 0 Å². The molecule has 1 unspecified atom stereocenters. The van der Waals surface area contributed by atoms with Gasteiger partial charge in [-0.1, -0.05) is 0 Å².